The Morgan fingerprint density at radius 1 is 0.900 bits per heavy atom. The third-order valence-corrected chi connectivity index (χ3v) is 6.40. The van der Waals surface area contributed by atoms with E-state index < -0.39 is 0 Å². The molecule has 0 aliphatic carbocycles. The van der Waals surface area contributed by atoms with E-state index in [1.165, 1.54) is 57.3 Å². The first-order chi connectivity index (χ1) is 13.2. The van der Waals surface area contributed by atoms with E-state index in [0.717, 1.165) is 8.58 Å². The molecule has 4 aromatic rings. The molecule has 0 aliphatic heterocycles. The molecule has 0 saturated carbocycles. The Morgan fingerprint density at radius 2 is 1.60 bits per heavy atom. The standard InChI is InChI=1S/C16H14P.C10H15.2ClH.Ti/c1-12-6-2-5-9-16(12)17-15-10-13-7-3-4-8-14(13)11-15;1-3-4-7-10-8-5-6-9(10)2;;;/h2-11,17H,1H3;5-6,8H,3-4,7H2,1-2H3;2*1H;/q2*-1;;;+4/p-2. The van der Waals surface area contributed by atoms with Crippen molar-refractivity contribution >= 4 is 30.0 Å². The molecular formula is C26H29Cl2PTi. The van der Waals surface area contributed by atoms with Crippen LogP contribution in [0.25, 0.3) is 10.8 Å². The molecule has 0 aliphatic rings. The van der Waals surface area contributed by atoms with Crippen molar-refractivity contribution in [3.8, 4) is 0 Å². The summed E-state index contributed by atoms with van der Waals surface area (Å²) in [5.41, 5.74) is 4.37. The van der Waals surface area contributed by atoms with Gasteiger partial charge in [-0.05, 0) is 17.8 Å². The fourth-order valence-electron chi connectivity index (χ4n) is 3.29. The molecule has 0 heterocycles. The summed E-state index contributed by atoms with van der Waals surface area (Å²) in [6.45, 7) is 6.61. The molecule has 0 spiro atoms. The van der Waals surface area contributed by atoms with Gasteiger partial charge >= 0.3 is 21.7 Å². The van der Waals surface area contributed by atoms with Gasteiger partial charge in [0.25, 0.3) is 0 Å². The van der Waals surface area contributed by atoms with Gasteiger partial charge in [-0.1, -0.05) is 72.0 Å². The van der Waals surface area contributed by atoms with Crippen LogP contribution in [0.5, 0.6) is 0 Å². The van der Waals surface area contributed by atoms with Crippen LogP contribution in [0.4, 0.5) is 0 Å². The fourth-order valence-corrected chi connectivity index (χ4v) is 4.51. The van der Waals surface area contributed by atoms with Gasteiger partial charge in [0, 0.05) is 0 Å². The Kier molecular flexibility index (Phi) is 14.6. The predicted molar refractivity (Wildman–Crippen MR) is 124 cm³/mol. The zero-order valence-electron chi connectivity index (χ0n) is 17.9. The fraction of sp³-hybridized carbons (Fsp3) is 0.231. The maximum absolute atomic E-state index is 2.31. The number of benzene rings is 2. The van der Waals surface area contributed by atoms with Gasteiger partial charge in [-0.3, -0.25) is 0 Å². The van der Waals surface area contributed by atoms with Crippen LogP contribution in [0, 0.1) is 13.8 Å². The van der Waals surface area contributed by atoms with Crippen LogP contribution in [-0.4, -0.2) is 0 Å². The first-order valence-corrected chi connectivity index (χ1v) is 10.9. The third-order valence-electron chi connectivity index (χ3n) is 4.99. The average molecular weight is 491 g/mol. The van der Waals surface area contributed by atoms with Gasteiger partial charge in [-0.2, -0.15) is 23.3 Å². The smallest absolute Gasteiger partial charge is 1.00 e. The van der Waals surface area contributed by atoms with E-state index in [2.05, 4.69) is 99.6 Å². The van der Waals surface area contributed by atoms with Crippen molar-refractivity contribution < 1.29 is 46.5 Å². The molecule has 0 fully saturated rings. The van der Waals surface area contributed by atoms with Crippen LogP contribution >= 0.6 is 8.58 Å². The van der Waals surface area contributed by atoms with Crippen LogP contribution in [0.2, 0.25) is 0 Å². The summed E-state index contributed by atoms with van der Waals surface area (Å²) < 4.78 is 0. The van der Waals surface area contributed by atoms with Crippen LogP contribution in [0.15, 0.2) is 78.9 Å². The first-order valence-electron chi connectivity index (χ1n) is 9.86. The largest absolute Gasteiger partial charge is 4.00 e. The average Bonchev–Trinajstić information content (AvgIpc) is 3.27. The number of hydrogen-bond acceptors (Lipinski definition) is 0. The number of hydrogen-bond donors (Lipinski definition) is 0. The molecule has 0 amide bonds. The second-order valence-corrected chi connectivity index (χ2v) is 8.52. The summed E-state index contributed by atoms with van der Waals surface area (Å²) in [7, 11) is 0.759. The molecule has 4 aromatic carbocycles. The third kappa shape index (κ3) is 8.34. The Hall–Kier alpha value is -0.876. The van der Waals surface area contributed by atoms with Crippen molar-refractivity contribution in [1.29, 1.82) is 0 Å². The van der Waals surface area contributed by atoms with E-state index in [0.29, 0.717) is 0 Å². The Bertz CT molecular complexity index is 954. The molecule has 1 atom stereocenters. The Labute approximate surface area is 211 Å². The zero-order chi connectivity index (χ0) is 19.1. The molecule has 0 saturated heterocycles. The van der Waals surface area contributed by atoms with E-state index >= 15 is 0 Å². The molecule has 1 unspecified atom stereocenters. The topological polar surface area (TPSA) is 0 Å². The zero-order valence-corrected chi connectivity index (χ0v) is 22.0. The van der Waals surface area contributed by atoms with E-state index in [4.69, 9.17) is 0 Å². The van der Waals surface area contributed by atoms with Crippen molar-refractivity contribution in [2.24, 2.45) is 0 Å². The van der Waals surface area contributed by atoms with Gasteiger partial charge in [0.2, 0.25) is 0 Å². The molecule has 0 aromatic heterocycles. The van der Waals surface area contributed by atoms with Gasteiger partial charge < -0.3 is 24.8 Å². The number of aryl methyl sites for hydroxylation is 3. The molecule has 0 radical (unpaired) electrons. The van der Waals surface area contributed by atoms with E-state index in [-0.39, 0.29) is 46.5 Å². The molecular weight excluding hydrogens is 462 g/mol. The maximum Gasteiger partial charge on any atom is 4.00 e. The predicted octanol–water partition coefficient (Wildman–Crippen LogP) is 0.558. The summed E-state index contributed by atoms with van der Waals surface area (Å²) in [5, 5.41) is 5.58. The summed E-state index contributed by atoms with van der Waals surface area (Å²) in [6.07, 6.45) is 3.88. The van der Waals surface area contributed by atoms with Crippen molar-refractivity contribution in [2.45, 2.75) is 40.0 Å². The summed E-state index contributed by atoms with van der Waals surface area (Å²) in [5.74, 6) is 0. The SMILES string of the molecule is CCCC[c-]1cccc1C.Cc1ccccc1Pc1cc2ccccc2[cH-]1.[Cl-].[Cl-].[Ti+4]. The summed E-state index contributed by atoms with van der Waals surface area (Å²) >= 11 is 0. The normalized spacial score (nSPS) is 9.97. The molecule has 4 rings (SSSR count). The molecule has 0 nitrogen and oxygen atoms in total. The van der Waals surface area contributed by atoms with Gasteiger partial charge in [-0.15, -0.1) is 40.3 Å². The van der Waals surface area contributed by atoms with Gasteiger partial charge in [0.05, 0.1) is 0 Å². The summed E-state index contributed by atoms with van der Waals surface area (Å²) in [4.78, 5) is 0. The van der Waals surface area contributed by atoms with Gasteiger partial charge in [0.15, 0.2) is 0 Å². The number of rotatable bonds is 5. The van der Waals surface area contributed by atoms with Gasteiger partial charge in [0.1, 0.15) is 0 Å². The van der Waals surface area contributed by atoms with Crippen LogP contribution in [-0.2, 0) is 28.1 Å². The van der Waals surface area contributed by atoms with Crippen molar-refractivity contribution in [3.63, 3.8) is 0 Å². The van der Waals surface area contributed by atoms with E-state index in [1.54, 1.807) is 0 Å². The van der Waals surface area contributed by atoms with Gasteiger partial charge in [-0.25, -0.2) is 12.1 Å². The Balaban J connectivity index is 0.000000569. The second-order valence-electron chi connectivity index (χ2n) is 7.15. The summed E-state index contributed by atoms with van der Waals surface area (Å²) in [6, 6.07) is 28.4. The first kappa shape index (κ1) is 29.1. The van der Waals surface area contributed by atoms with Crippen molar-refractivity contribution in [3.05, 3.63) is 95.6 Å². The maximum atomic E-state index is 2.31. The molecule has 30 heavy (non-hydrogen) atoms. The molecule has 156 valence electrons. The second kappa shape index (κ2) is 15.0. The van der Waals surface area contributed by atoms with Crippen LogP contribution in [0.3, 0.4) is 0 Å². The number of fused-ring (bicyclic) bond motifs is 1. The molecule has 0 bridgehead atoms. The number of unbranched alkanes of at least 4 members (excludes halogenated alkanes) is 1. The Morgan fingerprint density at radius 3 is 2.23 bits per heavy atom. The van der Waals surface area contributed by atoms with E-state index in [9.17, 15) is 0 Å². The van der Waals surface area contributed by atoms with Crippen molar-refractivity contribution in [1.82, 2.24) is 0 Å². The minimum Gasteiger partial charge on any atom is -1.00 e. The molecule has 4 heteroatoms. The minimum atomic E-state index is 0. The number of halogens is 2. The van der Waals surface area contributed by atoms with Crippen molar-refractivity contribution in [2.75, 3.05) is 0 Å². The van der Waals surface area contributed by atoms with E-state index in [1.807, 2.05) is 0 Å². The van der Waals surface area contributed by atoms with Crippen LogP contribution in [0.1, 0.15) is 36.5 Å². The quantitative estimate of drug-likeness (QED) is 0.218. The monoisotopic (exact) mass is 490 g/mol. The van der Waals surface area contributed by atoms with Crippen LogP contribution < -0.4 is 35.4 Å². The minimum absolute atomic E-state index is 0. The molecule has 0 N–H and O–H groups in total.